The fraction of sp³-hybridized carbons (Fsp3) is 0.889. The van der Waals surface area contributed by atoms with Crippen molar-refractivity contribution in [3.63, 3.8) is 0 Å². The van der Waals surface area contributed by atoms with E-state index in [1.807, 2.05) is 0 Å². The molecular formula is C18H29NO3. The van der Waals surface area contributed by atoms with Crippen molar-refractivity contribution in [3.8, 4) is 0 Å². The molecule has 4 saturated carbocycles. The van der Waals surface area contributed by atoms with Crippen LogP contribution < -0.4 is 5.32 Å². The van der Waals surface area contributed by atoms with Gasteiger partial charge in [-0.15, -0.1) is 0 Å². The molecule has 124 valence electrons. The molecule has 0 aromatic heterocycles. The zero-order chi connectivity index (χ0) is 15.9. The van der Waals surface area contributed by atoms with Crippen molar-refractivity contribution in [1.29, 1.82) is 0 Å². The maximum absolute atomic E-state index is 13.0. The van der Waals surface area contributed by atoms with Gasteiger partial charge in [0, 0.05) is 5.41 Å². The number of ether oxygens (including phenoxy) is 1. The summed E-state index contributed by atoms with van der Waals surface area (Å²) >= 11 is 0. The van der Waals surface area contributed by atoms with Gasteiger partial charge in [0.05, 0.1) is 7.11 Å². The molecule has 4 aliphatic carbocycles. The van der Waals surface area contributed by atoms with E-state index in [4.69, 9.17) is 4.74 Å². The van der Waals surface area contributed by atoms with Gasteiger partial charge in [-0.05, 0) is 68.6 Å². The van der Waals surface area contributed by atoms with Crippen LogP contribution in [0.5, 0.6) is 0 Å². The Morgan fingerprint density at radius 2 is 1.59 bits per heavy atom. The lowest BCUT2D eigenvalue weighted by atomic mass is 9.49. The molecule has 1 atom stereocenters. The lowest BCUT2D eigenvalue weighted by Crippen LogP contribution is -2.56. The summed E-state index contributed by atoms with van der Waals surface area (Å²) < 4.78 is 4.88. The summed E-state index contributed by atoms with van der Waals surface area (Å²) in [5.41, 5.74) is -0.196. The summed E-state index contributed by atoms with van der Waals surface area (Å²) in [5.74, 6) is 2.35. The molecule has 4 aliphatic rings. The minimum absolute atomic E-state index is 0.114. The highest BCUT2D eigenvalue weighted by atomic mass is 16.5. The van der Waals surface area contributed by atoms with Gasteiger partial charge in [-0.1, -0.05) is 13.8 Å². The van der Waals surface area contributed by atoms with Crippen LogP contribution in [0.3, 0.4) is 0 Å². The summed E-state index contributed by atoms with van der Waals surface area (Å²) in [6, 6.07) is -0.495. The highest BCUT2D eigenvalue weighted by Crippen LogP contribution is 2.60. The summed E-state index contributed by atoms with van der Waals surface area (Å²) in [6.07, 6.45) is 7.68. The van der Waals surface area contributed by atoms with Crippen LogP contribution in [0, 0.1) is 29.1 Å². The van der Waals surface area contributed by atoms with Crippen molar-refractivity contribution < 1.29 is 14.3 Å². The van der Waals surface area contributed by atoms with Gasteiger partial charge in [0.1, 0.15) is 6.04 Å². The predicted molar refractivity (Wildman–Crippen MR) is 84.0 cm³/mol. The molecule has 0 aromatic carbocycles. The van der Waals surface area contributed by atoms with E-state index in [1.165, 1.54) is 26.4 Å². The maximum Gasteiger partial charge on any atom is 0.328 e. The van der Waals surface area contributed by atoms with Gasteiger partial charge in [0.25, 0.3) is 0 Å². The number of methoxy groups -OCH3 is 1. The first kappa shape index (κ1) is 15.8. The van der Waals surface area contributed by atoms with E-state index in [1.54, 1.807) is 0 Å². The molecule has 0 aliphatic heterocycles. The minimum atomic E-state index is -0.495. The van der Waals surface area contributed by atoms with Gasteiger partial charge in [-0.25, -0.2) is 4.79 Å². The van der Waals surface area contributed by atoms with Gasteiger partial charge in [-0.2, -0.15) is 0 Å². The number of amides is 1. The topological polar surface area (TPSA) is 55.4 Å². The molecule has 4 bridgehead atoms. The second-order valence-corrected chi connectivity index (χ2v) is 8.38. The normalized spacial score (nSPS) is 37.2. The molecule has 0 aromatic rings. The monoisotopic (exact) mass is 307 g/mol. The quantitative estimate of drug-likeness (QED) is 0.795. The summed E-state index contributed by atoms with van der Waals surface area (Å²) in [4.78, 5) is 25.0. The molecule has 0 radical (unpaired) electrons. The molecule has 1 N–H and O–H groups in total. The predicted octanol–water partition coefficient (Wildman–Crippen LogP) is 2.91. The number of rotatable bonds is 5. The van der Waals surface area contributed by atoms with Gasteiger partial charge in [0.15, 0.2) is 0 Å². The fourth-order valence-electron chi connectivity index (χ4n) is 5.53. The SMILES string of the molecule is COC(=O)C(CC(C)C)NC(=O)C12CC3CC(CC(C3)C1)C2. The molecule has 1 amide bonds. The fourth-order valence-corrected chi connectivity index (χ4v) is 5.53. The van der Waals surface area contributed by atoms with E-state index in [0.717, 1.165) is 37.0 Å². The maximum atomic E-state index is 13.0. The van der Waals surface area contributed by atoms with Gasteiger partial charge < -0.3 is 10.1 Å². The van der Waals surface area contributed by atoms with E-state index in [-0.39, 0.29) is 17.3 Å². The van der Waals surface area contributed by atoms with Crippen LogP contribution in [-0.4, -0.2) is 25.0 Å². The molecule has 4 fully saturated rings. The lowest BCUT2D eigenvalue weighted by Gasteiger charge is -2.55. The third-order valence-electron chi connectivity index (χ3n) is 6.02. The van der Waals surface area contributed by atoms with Crippen LogP contribution in [-0.2, 0) is 14.3 Å². The highest BCUT2D eigenvalue weighted by molar-refractivity contribution is 5.88. The largest absolute Gasteiger partial charge is 0.467 e. The Bertz CT molecular complexity index is 422. The van der Waals surface area contributed by atoms with Crippen molar-refractivity contribution in [2.24, 2.45) is 29.1 Å². The van der Waals surface area contributed by atoms with Gasteiger partial charge in [0.2, 0.25) is 5.91 Å². The number of nitrogens with one attached hydrogen (secondary N) is 1. The Morgan fingerprint density at radius 1 is 1.09 bits per heavy atom. The molecule has 4 nitrogen and oxygen atoms in total. The lowest BCUT2D eigenvalue weighted by molar-refractivity contribution is -0.153. The summed E-state index contributed by atoms with van der Waals surface area (Å²) in [6.45, 7) is 4.12. The first-order valence-corrected chi connectivity index (χ1v) is 8.80. The van der Waals surface area contributed by atoms with Gasteiger partial charge in [-0.3, -0.25) is 4.79 Å². The molecule has 22 heavy (non-hydrogen) atoms. The van der Waals surface area contributed by atoms with Crippen LogP contribution in [0.25, 0.3) is 0 Å². The van der Waals surface area contributed by atoms with Crippen LogP contribution in [0.2, 0.25) is 0 Å². The Kier molecular flexibility index (Phi) is 4.21. The van der Waals surface area contributed by atoms with Crippen molar-refractivity contribution in [2.75, 3.05) is 7.11 Å². The number of esters is 1. The van der Waals surface area contributed by atoms with Crippen LogP contribution in [0.15, 0.2) is 0 Å². The van der Waals surface area contributed by atoms with Crippen molar-refractivity contribution in [2.45, 2.75) is 64.8 Å². The van der Waals surface area contributed by atoms with E-state index < -0.39 is 6.04 Å². The van der Waals surface area contributed by atoms with Crippen LogP contribution >= 0.6 is 0 Å². The zero-order valence-electron chi connectivity index (χ0n) is 14.1. The third kappa shape index (κ3) is 2.89. The van der Waals surface area contributed by atoms with Crippen molar-refractivity contribution in [3.05, 3.63) is 0 Å². The van der Waals surface area contributed by atoms with Gasteiger partial charge >= 0.3 is 5.97 Å². The summed E-state index contributed by atoms with van der Waals surface area (Å²) in [5, 5.41) is 3.04. The third-order valence-corrected chi connectivity index (χ3v) is 6.02. The molecule has 0 heterocycles. The average Bonchev–Trinajstić information content (AvgIpc) is 2.43. The number of hydrogen-bond donors (Lipinski definition) is 1. The Labute approximate surface area is 133 Å². The zero-order valence-corrected chi connectivity index (χ0v) is 14.1. The molecule has 0 saturated heterocycles. The van der Waals surface area contributed by atoms with E-state index >= 15 is 0 Å². The number of carbonyl (C=O) groups is 2. The first-order chi connectivity index (χ1) is 10.4. The Balaban J connectivity index is 1.71. The second-order valence-electron chi connectivity index (χ2n) is 8.38. The molecular weight excluding hydrogens is 278 g/mol. The van der Waals surface area contributed by atoms with Crippen molar-refractivity contribution in [1.82, 2.24) is 5.32 Å². The highest BCUT2D eigenvalue weighted by Gasteiger charge is 2.54. The second kappa shape index (κ2) is 5.86. The number of hydrogen-bond acceptors (Lipinski definition) is 3. The van der Waals surface area contributed by atoms with E-state index in [0.29, 0.717) is 12.3 Å². The van der Waals surface area contributed by atoms with Crippen LogP contribution in [0.1, 0.15) is 58.8 Å². The van der Waals surface area contributed by atoms with Crippen LogP contribution in [0.4, 0.5) is 0 Å². The molecule has 1 unspecified atom stereocenters. The minimum Gasteiger partial charge on any atom is -0.467 e. The van der Waals surface area contributed by atoms with E-state index in [9.17, 15) is 9.59 Å². The molecule has 4 heteroatoms. The smallest absolute Gasteiger partial charge is 0.328 e. The standard InChI is InChI=1S/C18H29NO3/c1-11(2)4-15(16(20)22-3)19-17(21)18-8-12-5-13(9-18)7-14(6-12)10-18/h11-15H,4-10H2,1-3H3,(H,19,21). The molecule has 0 spiro atoms. The Hall–Kier alpha value is -1.06. The van der Waals surface area contributed by atoms with Crippen molar-refractivity contribution >= 4 is 11.9 Å². The number of carbonyl (C=O) groups excluding carboxylic acids is 2. The molecule has 4 rings (SSSR count). The summed E-state index contributed by atoms with van der Waals surface area (Å²) in [7, 11) is 1.40. The Morgan fingerprint density at radius 3 is 2.00 bits per heavy atom. The first-order valence-electron chi connectivity index (χ1n) is 8.80. The van der Waals surface area contributed by atoms with E-state index in [2.05, 4.69) is 19.2 Å². The average molecular weight is 307 g/mol.